The highest BCUT2D eigenvalue weighted by atomic mass is 19.1. The summed E-state index contributed by atoms with van der Waals surface area (Å²) in [5.41, 5.74) is 3.36. The Morgan fingerprint density at radius 3 is 2.77 bits per heavy atom. The summed E-state index contributed by atoms with van der Waals surface area (Å²) in [7, 11) is 1.53. The summed E-state index contributed by atoms with van der Waals surface area (Å²) in [6.45, 7) is 0. The van der Waals surface area contributed by atoms with Crippen molar-refractivity contribution in [1.82, 2.24) is 4.98 Å². The number of methoxy groups -OCH3 is 1. The molecule has 0 fully saturated rings. The molecular weight excluding hydrogens is 401 g/mol. The number of aliphatic hydroxyl groups excluding tert-OH is 1. The number of carboxylic acids is 1. The van der Waals surface area contributed by atoms with E-state index >= 15 is 0 Å². The van der Waals surface area contributed by atoms with Gasteiger partial charge in [0.05, 0.1) is 19.6 Å². The molecule has 31 heavy (non-hydrogen) atoms. The lowest BCUT2D eigenvalue weighted by atomic mass is 9.94. The smallest absolute Gasteiger partial charge is 0.306 e. The van der Waals surface area contributed by atoms with Crippen LogP contribution in [0.1, 0.15) is 41.7 Å². The Balaban J connectivity index is 1.57. The maximum Gasteiger partial charge on any atom is 0.306 e. The number of aromatic nitrogens is 1. The number of benzene rings is 2. The zero-order valence-corrected chi connectivity index (χ0v) is 16.9. The van der Waals surface area contributed by atoms with E-state index in [1.54, 1.807) is 36.5 Å². The van der Waals surface area contributed by atoms with Crippen molar-refractivity contribution in [3.8, 4) is 22.8 Å². The first kappa shape index (κ1) is 20.8. The third-order valence-electron chi connectivity index (χ3n) is 5.41. The fourth-order valence-electron chi connectivity index (χ4n) is 3.76. The number of hydrogen-bond donors (Lipinski definition) is 2. The molecule has 2 aromatic carbocycles. The highest BCUT2D eigenvalue weighted by Gasteiger charge is 2.25. The van der Waals surface area contributed by atoms with Crippen LogP contribution in [0.15, 0.2) is 54.7 Å². The average molecular weight is 423 g/mol. The fraction of sp³-hybridized carbons (Fsp3) is 0.250. The van der Waals surface area contributed by atoms with Crippen molar-refractivity contribution >= 4 is 5.97 Å². The molecule has 0 saturated carbocycles. The summed E-state index contributed by atoms with van der Waals surface area (Å²) < 4.78 is 26.2. The molecule has 0 bridgehead atoms. The molecule has 2 N–H and O–H groups in total. The molecule has 0 spiro atoms. The zero-order valence-electron chi connectivity index (χ0n) is 16.9. The number of halogens is 1. The Bertz CT molecular complexity index is 1120. The number of carboxylic acid groups (broad SMARTS) is 1. The van der Waals surface area contributed by atoms with Crippen LogP contribution in [-0.2, 0) is 11.2 Å². The molecule has 1 aromatic heterocycles. The molecule has 4 rings (SSSR count). The van der Waals surface area contributed by atoms with Gasteiger partial charge in [-0.15, -0.1) is 0 Å². The van der Waals surface area contributed by atoms with Gasteiger partial charge < -0.3 is 19.7 Å². The maximum absolute atomic E-state index is 15.0. The second-order valence-electron chi connectivity index (χ2n) is 7.45. The Kier molecular flexibility index (Phi) is 5.86. The van der Waals surface area contributed by atoms with Gasteiger partial charge in [-0.1, -0.05) is 24.3 Å². The monoisotopic (exact) mass is 423 g/mol. The van der Waals surface area contributed by atoms with Gasteiger partial charge in [-0.25, -0.2) is 9.37 Å². The minimum Gasteiger partial charge on any atom is -0.485 e. The molecule has 6 nitrogen and oxygen atoms in total. The first-order chi connectivity index (χ1) is 14.9. The normalized spacial score (nSPS) is 16.2. The molecule has 160 valence electrons. The van der Waals surface area contributed by atoms with E-state index in [1.165, 1.54) is 13.2 Å². The van der Waals surface area contributed by atoms with Crippen LogP contribution in [0.25, 0.3) is 11.1 Å². The second-order valence-corrected chi connectivity index (χ2v) is 7.45. The van der Waals surface area contributed by atoms with Crippen LogP contribution < -0.4 is 9.47 Å². The summed E-state index contributed by atoms with van der Waals surface area (Å²) >= 11 is 0. The number of nitrogens with zero attached hydrogens (tertiary/aromatic N) is 1. The zero-order chi connectivity index (χ0) is 22.0. The van der Waals surface area contributed by atoms with E-state index in [-0.39, 0.29) is 5.82 Å². The van der Waals surface area contributed by atoms with Crippen molar-refractivity contribution in [2.45, 2.75) is 31.5 Å². The molecule has 2 heterocycles. The van der Waals surface area contributed by atoms with Gasteiger partial charge in [-0.3, -0.25) is 4.79 Å². The molecule has 2 atom stereocenters. The molecular formula is C24H22FNO5. The van der Waals surface area contributed by atoms with Gasteiger partial charge >= 0.3 is 5.97 Å². The molecule has 1 aliphatic heterocycles. The fourth-order valence-corrected chi connectivity index (χ4v) is 3.76. The summed E-state index contributed by atoms with van der Waals surface area (Å²) in [6, 6.07) is 13.7. The summed E-state index contributed by atoms with van der Waals surface area (Å²) in [6.07, 6.45) is 0.928. The Labute approximate surface area is 178 Å². The SMILES string of the molecule is COc1cc(-c2ccc(C3CCc4ccc([C@H](O)CC(=O)O)cc4O3)c(F)c2)ccn1. The number of ether oxygens (including phenoxy) is 2. The van der Waals surface area contributed by atoms with Gasteiger partial charge in [0.15, 0.2) is 0 Å². The van der Waals surface area contributed by atoms with Gasteiger partial charge in [0, 0.05) is 17.8 Å². The number of aliphatic hydroxyl groups is 1. The number of aliphatic carboxylic acids is 1. The highest BCUT2D eigenvalue weighted by molar-refractivity contribution is 5.68. The van der Waals surface area contributed by atoms with Crippen LogP contribution in [-0.4, -0.2) is 28.3 Å². The minimum atomic E-state index is -1.12. The number of rotatable bonds is 6. The first-order valence-electron chi connectivity index (χ1n) is 9.94. The van der Waals surface area contributed by atoms with Crippen molar-refractivity contribution < 1.29 is 28.9 Å². The van der Waals surface area contributed by atoms with Crippen LogP contribution in [0.4, 0.5) is 4.39 Å². The van der Waals surface area contributed by atoms with Crippen LogP contribution in [0.3, 0.4) is 0 Å². The molecule has 0 amide bonds. The van der Waals surface area contributed by atoms with Gasteiger partial charge in [-0.05, 0) is 53.3 Å². The van der Waals surface area contributed by atoms with Crippen molar-refractivity contribution in [2.24, 2.45) is 0 Å². The van der Waals surface area contributed by atoms with Crippen LogP contribution in [0.5, 0.6) is 11.6 Å². The lowest BCUT2D eigenvalue weighted by molar-refractivity contribution is -0.139. The predicted molar refractivity (Wildman–Crippen MR) is 112 cm³/mol. The van der Waals surface area contributed by atoms with Crippen LogP contribution in [0, 0.1) is 5.82 Å². The summed E-state index contributed by atoms with van der Waals surface area (Å²) in [5, 5.41) is 19.0. The first-order valence-corrected chi connectivity index (χ1v) is 9.94. The van der Waals surface area contributed by atoms with Gasteiger partial charge in [-0.2, -0.15) is 0 Å². The van der Waals surface area contributed by atoms with E-state index in [2.05, 4.69) is 4.98 Å². The maximum atomic E-state index is 15.0. The van der Waals surface area contributed by atoms with Crippen LogP contribution in [0.2, 0.25) is 0 Å². The number of hydrogen-bond acceptors (Lipinski definition) is 5. The number of pyridine rings is 1. The van der Waals surface area contributed by atoms with E-state index in [0.29, 0.717) is 41.2 Å². The number of aryl methyl sites for hydroxylation is 1. The summed E-state index contributed by atoms with van der Waals surface area (Å²) in [4.78, 5) is 14.9. The Morgan fingerprint density at radius 1 is 1.23 bits per heavy atom. The minimum absolute atomic E-state index is 0.371. The Morgan fingerprint density at radius 2 is 2.03 bits per heavy atom. The molecule has 0 aliphatic carbocycles. The van der Waals surface area contributed by atoms with E-state index < -0.39 is 24.6 Å². The van der Waals surface area contributed by atoms with Crippen molar-refractivity contribution in [3.05, 3.63) is 77.2 Å². The lowest BCUT2D eigenvalue weighted by Crippen LogP contribution is -2.17. The third kappa shape index (κ3) is 4.51. The van der Waals surface area contributed by atoms with Crippen molar-refractivity contribution in [1.29, 1.82) is 0 Å². The van der Waals surface area contributed by atoms with E-state index in [0.717, 1.165) is 11.1 Å². The highest BCUT2D eigenvalue weighted by Crippen LogP contribution is 2.38. The molecule has 1 aliphatic rings. The summed E-state index contributed by atoms with van der Waals surface area (Å²) in [5.74, 6) is -0.461. The number of fused-ring (bicyclic) bond motifs is 1. The number of carbonyl (C=O) groups is 1. The Hall–Kier alpha value is -3.45. The van der Waals surface area contributed by atoms with Gasteiger partial charge in [0.25, 0.3) is 0 Å². The molecule has 3 aromatic rings. The average Bonchev–Trinajstić information content (AvgIpc) is 2.78. The topological polar surface area (TPSA) is 88.9 Å². The van der Waals surface area contributed by atoms with E-state index in [9.17, 15) is 14.3 Å². The third-order valence-corrected chi connectivity index (χ3v) is 5.41. The largest absolute Gasteiger partial charge is 0.485 e. The molecule has 7 heteroatoms. The van der Waals surface area contributed by atoms with E-state index in [1.807, 2.05) is 12.1 Å². The van der Waals surface area contributed by atoms with Crippen LogP contribution >= 0.6 is 0 Å². The molecule has 0 radical (unpaired) electrons. The van der Waals surface area contributed by atoms with Crippen molar-refractivity contribution in [3.63, 3.8) is 0 Å². The predicted octanol–water partition coefficient (Wildman–Crippen LogP) is 4.47. The van der Waals surface area contributed by atoms with Gasteiger partial charge in [0.2, 0.25) is 5.88 Å². The standard InChI is InChI=1S/C24H22FNO5/c1-30-23-12-16(8-9-26-23)15-4-6-18(19(25)10-15)21-7-5-14-2-3-17(11-22(14)31-21)20(27)13-24(28)29/h2-4,6,8-12,20-21,27H,5,7,13H2,1H3,(H,28,29)/t20-,21?/m1/s1. The van der Waals surface area contributed by atoms with Crippen molar-refractivity contribution in [2.75, 3.05) is 7.11 Å². The van der Waals surface area contributed by atoms with E-state index in [4.69, 9.17) is 14.6 Å². The van der Waals surface area contributed by atoms with Gasteiger partial charge in [0.1, 0.15) is 17.7 Å². The molecule has 1 unspecified atom stereocenters. The lowest BCUT2D eigenvalue weighted by Gasteiger charge is -2.27. The second kappa shape index (κ2) is 8.73. The molecule has 0 saturated heterocycles. The quantitative estimate of drug-likeness (QED) is 0.608.